The van der Waals surface area contributed by atoms with E-state index in [-0.39, 0.29) is 16.9 Å². The molecule has 132 valence electrons. The zero-order valence-corrected chi connectivity index (χ0v) is 14.4. The van der Waals surface area contributed by atoms with Crippen molar-refractivity contribution in [1.82, 2.24) is 4.90 Å². The van der Waals surface area contributed by atoms with E-state index in [9.17, 15) is 10.4 Å². The molecule has 0 amide bonds. The van der Waals surface area contributed by atoms with Gasteiger partial charge in [0.15, 0.2) is 0 Å². The average molecular weight is 333 g/mol. The smallest absolute Gasteiger partial charge is 0.0691 e. The second-order valence-corrected chi connectivity index (χ2v) is 7.96. The highest BCUT2D eigenvalue weighted by Gasteiger charge is 2.67. The van der Waals surface area contributed by atoms with Crippen LogP contribution in [0, 0.1) is 17.3 Å². The lowest BCUT2D eigenvalue weighted by atomic mass is 9.42. The molecule has 4 unspecified atom stereocenters. The minimum atomic E-state index is -0.242. The third-order valence-electron chi connectivity index (χ3n) is 7.28. The predicted octanol–water partition coefficient (Wildman–Crippen LogP) is 2.50. The van der Waals surface area contributed by atoms with Crippen LogP contribution in [0.25, 0.3) is 0 Å². The SMILES string of the molecule is C=C(C)C12CC3CC/C(=N\O)C(C1)C3(N1CCOCC1)C/C2=N/O. The summed E-state index contributed by atoms with van der Waals surface area (Å²) in [6.07, 6.45) is 4.48. The highest BCUT2D eigenvalue weighted by molar-refractivity contribution is 6.00. The summed E-state index contributed by atoms with van der Waals surface area (Å²) in [4.78, 5) is 2.53. The van der Waals surface area contributed by atoms with Crippen LogP contribution in [0.5, 0.6) is 0 Å². The Bertz CT molecular complexity index is 611. The molecule has 4 atom stereocenters. The Balaban J connectivity index is 1.84. The van der Waals surface area contributed by atoms with Crippen LogP contribution in [0.4, 0.5) is 0 Å². The molecule has 5 fully saturated rings. The van der Waals surface area contributed by atoms with Gasteiger partial charge in [-0.05, 0) is 38.5 Å². The Morgan fingerprint density at radius 2 is 2.00 bits per heavy atom. The standard InChI is InChI=1S/C18H27N3O3/c1-12(2)17-9-13-3-4-15(19-22)14(10-17)18(13,11-16(17)20-23)21-5-7-24-8-6-21/h13-14,22-23H,1,3-11H2,2H3/b19-15+,20-16-. The topological polar surface area (TPSA) is 77.7 Å². The maximum atomic E-state index is 9.75. The van der Waals surface area contributed by atoms with Gasteiger partial charge in [-0.2, -0.15) is 0 Å². The van der Waals surface area contributed by atoms with E-state index in [1.807, 2.05) is 6.92 Å². The van der Waals surface area contributed by atoms with Crippen molar-refractivity contribution in [2.24, 2.45) is 27.6 Å². The molecule has 0 radical (unpaired) electrons. The van der Waals surface area contributed by atoms with E-state index in [1.165, 1.54) is 0 Å². The van der Waals surface area contributed by atoms with Gasteiger partial charge in [0, 0.05) is 36.4 Å². The van der Waals surface area contributed by atoms with E-state index in [0.29, 0.717) is 5.92 Å². The first kappa shape index (κ1) is 16.1. The molecule has 0 spiro atoms. The summed E-state index contributed by atoms with van der Waals surface area (Å²) in [6, 6.07) is 0. The molecule has 5 aliphatic rings. The number of allylic oxidation sites excluding steroid dienone is 1. The summed E-state index contributed by atoms with van der Waals surface area (Å²) in [5, 5.41) is 26.8. The van der Waals surface area contributed by atoms with Crippen molar-refractivity contribution < 1.29 is 15.2 Å². The van der Waals surface area contributed by atoms with Crippen molar-refractivity contribution >= 4 is 11.4 Å². The summed E-state index contributed by atoms with van der Waals surface area (Å²) < 4.78 is 5.56. The van der Waals surface area contributed by atoms with Crippen LogP contribution in [0.3, 0.4) is 0 Å². The minimum absolute atomic E-state index is 0.0949. The monoisotopic (exact) mass is 333 g/mol. The molecule has 5 rings (SSSR count). The second-order valence-electron chi connectivity index (χ2n) is 7.96. The van der Waals surface area contributed by atoms with Crippen LogP contribution >= 0.6 is 0 Å². The first-order chi connectivity index (χ1) is 11.6. The lowest BCUT2D eigenvalue weighted by molar-refractivity contribution is -0.109. The van der Waals surface area contributed by atoms with Crippen LogP contribution in [-0.4, -0.2) is 58.6 Å². The quantitative estimate of drug-likeness (QED) is 0.462. The largest absolute Gasteiger partial charge is 0.411 e. The fraction of sp³-hybridized carbons (Fsp3) is 0.778. The van der Waals surface area contributed by atoms with Crippen molar-refractivity contribution in [3.8, 4) is 0 Å². The molecule has 0 aromatic carbocycles. The summed E-state index contributed by atoms with van der Waals surface area (Å²) in [6.45, 7) is 9.54. The summed E-state index contributed by atoms with van der Waals surface area (Å²) >= 11 is 0. The number of oxime groups is 2. The second kappa shape index (κ2) is 5.56. The molecule has 6 heteroatoms. The first-order valence-corrected chi connectivity index (χ1v) is 8.99. The highest BCUT2D eigenvalue weighted by atomic mass is 16.5. The van der Waals surface area contributed by atoms with Gasteiger partial charge in [-0.15, -0.1) is 0 Å². The molecule has 6 nitrogen and oxygen atoms in total. The molecular formula is C18H27N3O3. The van der Waals surface area contributed by atoms with Gasteiger partial charge < -0.3 is 15.2 Å². The normalized spacial score (nSPS) is 45.7. The van der Waals surface area contributed by atoms with Crippen molar-refractivity contribution in [2.75, 3.05) is 26.3 Å². The first-order valence-electron chi connectivity index (χ1n) is 8.99. The van der Waals surface area contributed by atoms with Gasteiger partial charge in [0.1, 0.15) is 0 Å². The van der Waals surface area contributed by atoms with E-state index >= 15 is 0 Å². The molecule has 4 bridgehead atoms. The predicted molar refractivity (Wildman–Crippen MR) is 90.9 cm³/mol. The number of nitrogens with zero attached hydrogens (tertiary/aromatic N) is 3. The van der Waals surface area contributed by atoms with E-state index in [2.05, 4.69) is 21.8 Å². The van der Waals surface area contributed by atoms with E-state index in [0.717, 1.165) is 75.4 Å². The van der Waals surface area contributed by atoms with Crippen LogP contribution in [0.15, 0.2) is 22.5 Å². The number of fused-ring (bicyclic) bond motifs is 1. The van der Waals surface area contributed by atoms with Crippen molar-refractivity contribution in [3.63, 3.8) is 0 Å². The van der Waals surface area contributed by atoms with Gasteiger partial charge in [0.2, 0.25) is 0 Å². The molecule has 2 N–H and O–H groups in total. The van der Waals surface area contributed by atoms with Gasteiger partial charge in [-0.25, -0.2) is 0 Å². The molecule has 0 aromatic heterocycles. The summed E-state index contributed by atoms with van der Waals surface area (Å²) in [5.41, 5.74) is 2.52. The molecule has 1 heterocycles. The van der Waals surface area contributed by atoms with Crippen molar-refractivity contribution in [1.29, 1.82) is 0 Å². The molecular weight excluding hydrogens is 306 g/mol. The van der Waals surface area contributed by atoms with Gasteiger partial charge in [0.05, 0.1) is 24.6 Å². The Hall–Kier alpha value is -1.40. The van der Waals surface area contributed by atoms with Crippen LogP contribution < -0.4 is 0 Å². The fourth-order valence-electron chi connectivity index (χ4n) is 6.10. The number of hydrogen-bond acceptors (Lipinski definition) is 6. The molecule has 4 saturated carbocycles. The Morgan fingerprint density at radius 1 is 1.25 bits per heavy atom. The van der Waals surface area contributed by atoms with Crippen LogP contribution in [0.2, 0.25) is 0 Å². The number of rotatable bonds is 2. The number of ether oxygens (including phenoxy) is 1. The number of hydrogen-bond donors (Lipinski definition) is 2. The Morgan fingerprint density at radius 3 is 2.62 bits per heavy atom. The maximum Gasteiger partial charge on any atom is 0.0691 e. The Labute approximate surface area is 142 Å². The number of morpholine rings is 1. The third-order valence-corrected chi connectivity index (χ3v) is 7.28. The van der Waals surface area contributed by atoms with Crippen molar-refractivity contribution in [2.45, 2.75) is 44.6 Å². The maximum absolute atomic E-state index is 9.75. The zero-order chi connectivity index (χ0) is 16.9. The van der Waals surface area contributed by atoms with Gasteiger partial charge >= 0.3 is 0 Å². The van der Waals surface area contributed by atoms with Crippen LogP contribution in [0.1, 0.15) is 39.0 Å². The fourth-order valence-corrected chi connectivity index (χ4v) is 6.10. The zero-order valence-electron chi connectivity index (χ0n) is 14.4. The molecule has 24 heavy (non-hydrogen) atoms. The summed E-state index contributed by atoms with van der Waals surface area (Å²) in [5.74, 6) is 0.720. The van der Waals surface area contributed by atoms with Crippen molar-refractivity contribution in [3.05, 3.63) is 12.2 Å². The lowest BCUT2D eigenvalue weighted by Crippen LogP contribution is -2.73. The van der Waals surface area contributed by atoms with E-state index in [1.54, 1.807) is 0 Å². The van der Waals surface area contributed by atoms with Gasteiger partial charge in [0.25, 0.3) is 0 Å². The average Bonchev–Trinajstić information content (AvgIpc) is 2.62. The van der Waals surface area contributed by atoms with Crippen LogP contribution in [-0.2, 0) is 4.74 Å². The van der Waals surface area contributed by atoms with Gasteiger partial charge in [-0.3, -0.25) is 4.90 Å². The van der Waals surface area contributed by atoms with E-state index < -0.39 is 0 Å². The third kappa shape index (κ3) is 1.90. The lowest BCUT2D eigenvalue weighted by Gasteiger charge is -2.67. The minimum Gasteiger partial charge on any atom is -0.411 e. The molecule has 1 saturated heterocycles. The molecule has 0 aromatic rings. The van der Waals surface area contributed by atoms with E-state index in [4.69, 9.17) is 4.74 Å². The molecule has 1 aliphatic heterocycles. The summed E-state index contributed by atoms with van der Waals surface area (Å²) in [7, 11) is 0. The molecule has 4 aliphatic carbocycles. The van der Waals surface area contributed by atoms with Gasteiger partial charge in [-0.1, -0.05) is 22.5 Å². The Kier molecular flexibility index (Phi) is 3.73. The highest BCUT2D eigenvalue weighted by Crippen LogP contribution is 2.64.